The second kappa shape index (κ2) is 11.5. The molecule has 0 saturated carbocycles. The SMILES string of the molecule is COCCOc1cc(F)c(-c2nc(C(=O)Nc3cnccc3[C@@H]3C[C@@H](N)CC(C)(C)O3)ccc2F)c(F)c1. The Labute approximate surface area is 218 Å². The number of ether oxygens (including phenoxy) is 3. The van der Waals surface area contributed by atoms with Crippen molar-refractivity contribution in [1.82, 2.24) is 9.97 Å². The second-order valence-corrected chi connectivity index (χ2v) is 9.61. The van der Waals surface area contributed by atoms with Crippen LogP contribution in [-0.2, 0) is 9.47 Å². The van der Waals surface area contributed by atoms with Gasteiger partial charge in [-0.3, -0.25) is 9.78 Å². The minimum absolute atomic E-state index is 0.0721. The van der Waals surface area contributed by atoms with Crippen molar-refractivity contribution in [1.29, 1.82) is 0 Å². The van der Waals surface area contributed by atoms with Crippen molar-refractivity contribution in [3.8, 4) is 17.0 Å². The molecule has 3 heterocycles. The van der Waals surface area contributed by atoms with Gasteiger partial charge in [0.05, 0.1) is 35.8 Å². The van der Waals surface area contributed by atoms with Crippen LogP contribution in [0.3, 0.4) is 0 Å². The monoisotopic (exact) mass is 530 g/mol. The van der Waals surface area contributed by atoms with Crippen LogP contribution >= 0.6 is 0 Å². The van der Waals surface area contributed by atoms with Gasteiger partial charge in [0.1, 0.15) is 41.2 Å². The van der Waals surface area contributed by atoms with Gasteiger partial charge in [-0.25, -0.2) is 18.2 Å². The van der Waals surface area contributed by atoms with Gasteiger partial charge in [0.25, 0.3) is 5.91 Å². The molecule has 0 spiro atoms. The molecule has 4 rings (SSSR count). The summed E-state index contributed by atoms with van der Waals surface area (Å²) in [5, 5.41) is 2.70. The number of nitrogens with two attached hydrogens (primary N) is 1. The molecule has 11 heteroatoms. The number of benzene rings is 1. The zero-order valence-corrected chi connectivity index (χ0v) is 21.3. The first-order valence-corrected chi connectivity index (χ1v) is 12.0. The summed E-state index contributed by atoms with van der Waals surface area (Å²) in [6, 6.07) is 5.51. The van der Waals surface area contributed by atoms with Gasteiger partial charge in [-0.15, -0.1) is 0 Å². The molecule has 1 aliphatic heterocycles. The fourth-order valence-electron chi connectivity index (χ4n) is 4.48. The van der Waals surface area contributed by atoms with Gasteiger partial charge in [-0.05, 0) is 44.9 Å². The van der Waals surface area contributed by atoms with E-state index in [0.717, 1.165) is 24.3 Å². The summed E-state index contributed by atoms with van der Waals surface area (Å²) in [5.74, 6) is -4.00. The van der Waals surface area contributed by atoms with E-state index in [-0.39, 0.29) is 30.7 Å². The van der Waals surface area contributed by atoms with Crippen LogP contribution in [0, 0.1) is 17.5 Å². The Morgan fingerprint density at radius 1 is 1.16 bits per heavy atom. The predicted octanol–water partition coefficient (Wildman–Crippen LogP) is 4.80. The Bertz CT molecular complexity index is 1300. The molecule has 1 aromatic carbocycles. The molecule has 1 amide bonds. The number of amides is 1. The number of carbonyl (C=O) groups is 1. The lowest BCUT2D eigenvalue weighted by molar-refractivity contribution is -0.114. The molecule has 2 aromatic heterocycles. The number of nitrogens with zero attached hydrogens (tertiary/aromatic N) is 2. The molecule has 202 valence electrons. The highest BCUT2D eigenvalue weighted by Gasteiger charge is 2.35. The van der Waals surface area contributed by atoms with E-state index in [1.165, 1.54) is 13.3 Å². The summed E-state index contributed by atoms with van der Waals surface area (Å²) >= 11 is 0. The van der Waals surface area contributed by atoms with Crippen molar-refractivity contribution < 1.29 is 32.2 Å². The number of methoxy groups -OCH3 is 1. The molecule has 38 heavy (non-hydrogen) atoms. The number of anilines is 1. The summed E-state index contributed by atoms with van der Waals surface area (Å²) in [4.78, 5) is 21.1. The quantitative estimate of drug-likeness (QED) is 0.403. The van der Waals surface area contributed by atoms with Crippen LogP contribution in [0.2, 0.25) is 0 Å². The van der Waals surface area contributed by atoms with Gasteiger partial charge in [0, 0.05) is 37.0 Å². The molecular formula is C27H29F3N4O4. The van der Waals surface area contributed by atoms with Gasteiger partial charge in [0.2, 0.25) is 0 Å². The standard InChI is InChI=1S/C27H29F3N4O4/c1-27(2)13-15(31)10-23(38-27)17-6-7-32-14-22(17)34-26(35)21-5-4-18(28)25(33-21)24-19(29)11-16(12-20(24)30)37-9-8-36-3/h4-7,11-12,14-15,23H,8-10,13,31H2,1-3H3,(H,34,35)/t15-,23+/m1/s1. The molecule has 1 aliphatic rings. The fourth-order valence-corrected chi connectivity index (χ4v) is 4.48. The number of halogens is 3. The van der Waals surface area contributed by atoms with Gasteiger partial charge in [-0.2, -0.15) is 0 Å². The molecule has 3 aromatic rings. The van der Waals surface area contributed by atoms with Crippen molar-refractivity contribution in [2.75, 3.05) is 25.6 Å². The van der Waals surface area contributed by atoms with Crippen molar-refractivity contribution >= 4 is 11.6 Å². The Morgan fingerprint density at radius 3 is 2.58 bits per heavy atom. The minimum Gasteiger partial charge on any atom is -0.491 e. The highest BCUT2D eigenvalue weighted by atomic mass is 19.1. The molecule has 0 aliphatic carbocycles. The number of aromatic nitrogens is 2. The van der Waals surface area contributed by atoms with Crippen LogP contribution in [0.4, 0.5) is 18.9 Å². The van der Waals surface area contributed by atoms with E-state index in [4.69, 9.17) is 19.9 Å². The third-order valence-electron chi connectivity index (χ3n) is 6.07. The highest BCUT2D eigenvalue weighted by molar-refractivity contribution is 6.03. The Morgan fingerprint density at radius 2 is 1.89 bits per heavy atom. The van der Waals surface area contributed by atoms with Crippen LogP contribution in [-0.4, -0.2) is 47.8 Å². The van der Waals surface area contributed by atoms with E-state index in [2.05, 4.69) is 15.3 Å². The first-order chi connectivity index (χ1) is 18.1. The van der Waals surface area contributed by atoms with Crippen molar-refractivity contribution in [2.24, 2.45) is 5.73 Å². The Balaban J connectivity index is 1.60. The Hall–Kier alpha value is -3.54. The topological polar surface area (TPSA) is 109 Å². The molecule has 2 atom stereocenters. The maximum Gasteiger partial charge on any atom is 0.274 e. The highest BCUT2D eigenvalue weighted by Crippen LogP contribution is 2.39. The smallest absolute Gasteiger partial charge is 0.274 e. The number of hydrogen-bond acceptors (Lipinski definition) is 7. The summed E-state index contributed by atoms with van der Waals surface area (Å²) in [5.41, 5.74) is 5.17. The second-order valence-electron chi connectivity index (χ2n) is 9.61. The van der Waals surface area contributed by atoms with Gasteiger partial charge < -0.3 is 25.3 Å². The van der Waals surface area contributed by atoms with Gasteiger partial charge >= 0.3 is 0 Å². The summed E-state index contributed by atoms with van der Waals surface area (Å²) in [7, 11) is 1.46. The molecule has 0 bridgehead atoms. The third-order valence-corrected chi connectivity index (χ3v) is 6.07. The molecular weight excluding hydrogens is 501 g/mol. The molecule has 1 saturated heterocycles. The average Bonchev–Trinajstić information content (AvgIpc) is 2.84. The molecule has 0 radical (unpaired) electrons. The summed E-state index contributed by atoms with van der Waals surface area (Å²) in [6.07, 6.45) is 3.86. The summed E-state index contributed by atoms with van der Waals surface area (Å²) in [6.45, 7) is 4.18. The first kappa shape index (κ1) is 27.5. The number of nitrogens with one attached hydrogen (secondary N) is 1. The van der Waals surface area contributed by atoms with E-state index in [1.54, 1.807) is 12.3 Å². The molecule has 0 unspecified atom stereocenters. The van der Waals surface area contributed by atoms with Gasteiger partial charge in [0.15, 0.2) is 0 Å². The van der Waals surface area contributed by atoms with E-state index in [0.29, 0.717) is 24.1 Å². The maximum atomic E-state index is 14.8. The van der Waals surface area contributed by atoms with E-state index in [1.807, 2.05) is 13.8 Å². The number of hydrogen-bond donors (Lipinski definition) is 2. The van der Waals surface area contributed by atoms with Crippen LogP contribution in [0.15, 0.2) is 42.7 Å². The van der Waals surface area contributed by atoms with Gasteiger partial charge in [-0.1, -0.05) is 0 Å². The lowest BCUT2D eigenvalue weighted by Gasteiger charge is -2.40. The largest absolute Gasteiger partial charge is 0.491 e. The van der Waals surface area contributed by atoms with Crippen molar-refractivity contribution in [2.45, 2.75) is 44.4 Å². The molecule has 8 nitrogen and oxygen atoms in total. The zero-order chi connectivity index (χ0) is 27.4. The van der Waals surface area contributed by atoms with Crippen LogP contribution in [0.1, 0.15) is 48.8 Å². The first-order valence-electron chi connectivity index (χ1n) is 12.0. The number of carbonyl (C=O) groups excluding carboxylic acids is 1. The molecule has 3 N–H and O–H groups in total. The normalized spacial score (nSPS) is 18.7. The van der Waals surface area contributed by atoms with Crippen LogP contribution < -0.4 is 15.8 Å². The predicted molar refractivity (Wildman–Crippen MR) is 134 cm³/mol. The van der Waals surface area contributed by atoms with Crippen LogP contribution in [0.25, 0.3) is 11.3 Å². The summed E-state index contributed by atoms with van der Waals surface area (Å²) < 4.78 is 60.6. The van der Waals surface area contributed by atoms with Crippen LogP contribution in [0.5, 0.6) is 5.75 Å². The number of pyridine rings is 2. The van der Waals surface area contributed by atoms with E-state index in [9.17, 15) is 18.0 Å². The zero-order valence-electron chi connectivity index (χ0n) is 21.3. The minimum atomic E-state index is -1.09. The van der Waals surface area contributed by atoms with Crippen molar-refractivity contribution in [3.63, 3.8) is 0 Å². The third kappa shape index (κ3) is 6.29. The Kier molecular flexibility index (Phi) is 8.29. The van der Waals surface area contributed by atoms with E-state index < -0.39 is 46.3 Å². The van der Waals surface area contributed by atoms with Crippen molar-refractivity contribution in [3.05, 3.63) is 71.4 Å². The lowest BCUT2D eigenvalue weighted by atomic mass is 9.88. The lowest BCUT2D eigenvalue weighted by Crippen LogP contribution is -2.42. The molecule has 1 fully saturated rings. The fraction of sp³-hybridized carbons (Fsp3) is 0.370. The average molecular weight is 531 g/mol. The maximum absolute atomic E-state index is 14.8. The number of rotatable bonds is 8. The van der Waals surface area contributed by atoms with E-state index >= 15 is 0 Å².